The molecule has 0 spiro atoms. The molecule has 1 N–H and O–H groups in total. The molecule has 0 aromatic carbocycles. The van der Waals surface area contributed by atoms with Crippen LogP contribution in [0.2, 0.25) is 0 Å². The summed E-state index contributed by atoms with van der Waals surface area (Å²) in [7, 11) is 0. The van der Waals surface area contributed by atoms with Crippen LogP contribution in [0.3, 0.4) is 0 Å². The molecule has 0 radical (unpaired) electrons. The third-order valence-corrected chi connectivity index (χ3v) is 2.76. The molecule has 14 heavy (non-hydrogen) atoms. The predicted molar refractivity (Wildman–Crippen MR) is 62.6 cm³/mol. The van der Waals surface area contributed by atoms with Crippen molar-refractivity contribution in [1.82, 2.24) is 10.2 Å². The highest BCUT2D eigenvalue weighted by Crippen LogP contribution is 2.13. The Morgan fingerprint density at radius 3 is 2.21 bits per heavy atom. The highest BCUT2D eigenvalue weighted by Gasteiger charge is 2.22. The molecule has 1 fully saturated rings. The van der Waals surface area contributed by atoms with Crippen LogP contribution >= 0.6 is 0 Å². The number of hydrogen-bond donors (Lipinski definition) is 1. The van der Waals surface area contributed by atoms with Crippen molar-refractivity contribution >= 4 is 0 Å². The van der Waals surface area contributed by atoms with Crippen LogP contribution in [-0.4, -0.2) is 36.1 Å². The molecule has 2 nitrogen and oxygen atoms in total. The van der Waals surface area contributed by atoms with E-state index in [0.717, 1.165) is 6.04 Å². The van der Waals surface area contributed by atoms with Crippen molar-refractivity contribution in [1.29, 1.82) is 0 Å². The Hall–Kier alpha value is -0.0800. The third-order valence-electron chi connectivity index (χ3n) is 2.76. The Balaban J connectivity index is 2.22. The maximum atomic E-state index is 3.69. The summed E-state index contributed by atoms with van der Waals surface area (Å²) in [6, 6.07) is 0.739. The Morgan fingerprint density at radius 2 is 1.79 bits per heavy atom. The van der Waals surface area contributed by atoms with Gasteiger partial charge in [-0.3, -0.25) is 0 Å². The molecule has 0 aromatic rings. The van der Waals surface area contributed by atoms with E-state index in [1.807, 2.05) is 0 Å². The quantitative estimate of drug-likeness (QED) is 0.748. The predicted octanol–water partition coefficient (Wildman–Crippen LogP) is 2.25. The molecule has 0 unspecified atom stereocenters. The zero-order valence-corrected chi connectivity index (χ0v) is 10.3. The fourth-order valence-electron chi connectivity index (χ4n) is 2.23. The van der Waals surface area contributed by atoms with Gasteiger partial charge in [-0.1, -0.05) is 6.92 Å². The van der Waals surface area contributed by atoms with Crippen molar-refractivity contribution in [3.63, 3.8) is 0 Å². The molecule has 1 aliphatic heterocycles. The topological polar surface area (TPSA) is 15.3 Å². The fourth-order valence-corrected chi connectivity index (χ4v) is 2.23. The summed E-state index contributed by atoms with van der Waals surface area (Å²) in [5.74, 6) is 0. The van der Waals surface area contributed by atoms with E-state index in [-0.39, 0.29) is 5.54 Å². The molecular formula is C12H26N2. The van der Waals surface area contributed by atoms with Crippen molar-refractivity contribution in [2.45, 2.75) is 58.5 Å². The van der Waals surface area contributed by atoms with Crippen molar-refractivity contribution in [3.8, 4) is 0 Å². The molecule has 1 aliphatic rings. The van der Waals surface area contributed by atoms with Crippen LogP contribution in [0.15, 0.2) is 0 Å². The number of rotatable bonds is 3. The largest absolute Gasteiger partial charge is 0.309 e. The first-order valence-corrected chi connectivity index (χ1v) is 6.01. The van der Waals surface area contributed by atoms with E-state index in [2.05, 4.69) is 37.9 Å². The summed E-state index contributed by atoms with van der Waals surface area (Å²) in [4.78, 5) is 2.58. The van der Waals surface area contributed by atoms with Crippen LogP contribution in [-0.2, 0) is 0 Å². The van der Waals surface area contributed by atoms with Crippen LogP contribution in [0, 0.1) is 0 Å². The fraction of sp³-hybridized carbons (Fsp3) is 1.00. The second-order valence-electron chi connectivity index (χ2n) is 5.51. The Morgan fingerprint density at radius 1 is 1.21 bits per heavy atom. The molecule has 0 bridgehead atoms. The monoisotopic (exact) mass is 198 g/mol. The van der Waals surface area contributed by atoms with E-state index in [0.29, 0.717) is 0 Å². The highest BCUT2D eigenvalue weighted by molar-refractivity contribution is 4.82. The summed E-state index contributed by atoms with van der Waals surface area (Å²) in [6.07, 6.45) is 3.92. The summed E-state index contributed by atoms with van der Waals surface area (Å²) >= 11 is 0. The number of hydrogen-bond acceptors (Lipinski definition) is 2. The number of nitrogens with zero attached hydrogens (tertiary/aromatic N) is 1. The van der Waals surface area contributed by atoms with Gasteiger partial charge >= 0.3 is 0 Å². The third kappa shape index (κ3) is 4.43. The Kier molecular flexibility index (Phi) is 4.39. The van der Waals surface area contributed by atoms with Gasteiger partial charge in [-0.2, -0.15) is 0 Å². The second kappa shape index (κ2) is 5.13. The first kappa shape index (κ1) is 12.0. The van der Waals surface area contributed by atoms with Crippen LogP contribution in [0.4, 0.5) is 0 Å². The summed E-state index contributed by atoms with van der Waals surface area (Å²) in [5, 5.41) is 3.69. The molecule has 0 atom stereocenters. The van der Waals surface area contributed by atoms with Gasteiger partial charge < -0.3 is 10.2 Å². The molecule has 0 saturated carbocycles. The van der Waals surface area contributed by atoms with Gasteiger partial charge in [0.2, 0.25) is 0 Å². The number of piperidine rings is 1. The normalized spacial score (nSPS) is 21.4. The molecule has 0 aromatic heterocycles. The average molecular weight is 198 g/mol. The second-order valence-corrected chi connectivity index (χ2v) is 5.51. The summed E-state index contributed by atoms with van der Waals surface area (Å²) in [6.45, 7) is 12.9. The molecule has 84 valence electrons. The van der Waals surface area contributed by atoms with Gasteiger partial charge in [-0.25, -0.2) is 0 Å². The van der Waals surface area contributed by atoms with Gasteiger partial charge in [0.15, 0.2) is 0 Å². The number of likely N-dealkylation sites (tertiary alicyclic amines) is 1. The van der Waals surface area contributed by atoms with Gasteiger partial charge in [0.1, 0.15) is 0 Å². The molecule has 2 heteroatoms. The first-order chi connectivity index (χ1) is 6.51. The molecular weight excluding hydrogens is 172 g/mol. The molecule has 0 aliphatic carbocycles. The van der Waals surface area contributed by atoms with Crippen LogP contribution in [0.25, 0.3) is 0 Å². The van der Waals surface area contributed by atoms with Crippen LogP contribution in [0.5, 0.6) is 0 Å². The van der Waals surface area contributed by atoms with E-state index >= 15 is 0 Å². The van der Waals surface area contributed by atoms with Gasteiger partial charge in [0.25, 0.3) is 0 Å². The van der Waals surface area contributed by atoms with Crippen molar-refractivity contribution < 1.29 is 0 Å². The van der Waals surface area contributed by atoms with Crippen LogP contribution < -0.4 is 5.32 Å². The van der Waals surface area contributed by atoms with E-state index in [1.165, 1.54) is 38.9 Å². The smallest absolute Gasteiger partial charge is 0.00991 e. The Bertz CT molecular complexity index is 152. The molecule has 1 heterocycles. The van der Waals surface area contributed by atoms with E-state index in [1.54, 1.807) is 0 Å². The van der Waals surface area contributed by atoms with E-state index < -0.39 is 0 Å². The van der Waals surface area contributed by atoms with Gasteiger partial charge in [0, 0.05) is 11.6 Å². The van der Waals surface area contributed by atoms with Crippen molar-refractivity contribution in [3.05, 3.63) is 0 Å². The Labute approximate surface area is 89.1 Å². The average Bonchev–Trinajstić information content (AvgIpc) is 2.06. The van der Waals surface area contributed by atoms with E-state index in [4.69, 9.17) is 0 Å². The zero-order chi connectivity index (χ0) is 10.6. The van der Waals surface area contributed by atoms with Gasteiger partial charge in [-0.15, -0.1) is 0 Å². The zero-order valence-electron chi connectivity index (χ0n) is 10.3. The first-order valence-electron chi connectivity index (χ1n) is 6.01. The SMILES string of the molecule is CCCN1CCC(NC(C)(C)C)CC1. The summed E-state index contributed by atoms with van der Waals surface area (Å²) in [5.41, 5.74) is 0.275. The summed E-state index contributed by atoms with van der Waals surface area (Å²) < 4.78 is 0. The number of nitrogens with one attached hydrogen (secondary N) is 1. The van der Waals surface area contributed by atoms with Crippen molar-refractivity contribution in [2.24, 2.45) is 0 Å². The molecule has 1 saturated heterocycles. The minimum atomic E-state index is 0.275. The maximum Gasteiger partial charge on any atom is 0.00991 e. The van der Waals surface area contributed by atoms with Crippen molar-refractivity contribution in [2.75, 3.05) is 19.6 Å². The lowest BCUT2D eigenvalue weighted by atomic mass is 10.00. The molecule has 1 rings (SSSR count). The van der Waals surface area contributed by atoms with E-state index in [9.17, 15) is 0 Å². The van der Waals surface area contributed by atoms with Gasteiger partial charge in [0.05, 0.1) is 0 Å². The minimum absolute atomic E-state index is 0.275. The lowest BCUT2D eigenvalue weighted by molar-refractivity contribution is 0.181. The minimum Gasteiger partial charge on any atom is -0.309 e. The maximum absolute atomic E-state index is 3.69. The standard InChI is InChI=1S/C12H26N2/c1-5-8-14-9-6-11(7-10-14)13-12(2,3)4/h11,13H,5-10H2,1-4H3. The lowest BCUT2D eigenvalue weighted by Crippen LogP contribution is -2.49. The highest BCUT2D eigenvalue weighted by atomic mass is 15.1. The molecule has 0 amide bonds. The lowest BCUT2D eigenvalue weighted by Gasteiger charge is -2.36. The van der Waals surface area contributed by atoms with Gasteiger partial charge in [-0.05, 0) is 59.7 Å². The van der Waals surface area contributed by atoms with Crippen LogP contribution in [0.1, 0.15) is 47.0 Å².